The van der Waals surface area contributed by atoms with Gasteiger partial charge >= 0.3 is 0 Å². The zero-order valence-electron chi connectivity index (χ0n) is 15.3. The van der Waals surface area contributed by atoms with Crippen LogP contribution in [-0.4, -0.2) is 52.6 Å². The fraction of sp³-hybridized carbons (Fsp3) is 0.600. The van der Waals surface area contributed by atoms with E-state index in [4.69, 9.17) is 9.47 Å². The third-order valence-corrected chi connectivity index (χ3v) is 5.42. The minimum Gasteiger partial charge on any atom is -0.381 e. The Balaban J connectivity index is 1.29. The SMILES string of the molecule is c1cc(COCC[C@H]2CN(CC3CCOCC3)Cc3ccnn32)ccn1. The average molecular weight is 356 g/mol. The van der Waals surface area contributed by atoms with Crippen LogP contribution in [0.1, 0.15) is 36.6 Å². The molecule has 0 aliphatic carbocycles. The molecule has 0 amide bonds. The molecule has 2 aliphatic rings. The van der Waals surface area contributed by atoms with Gasteiger partial charge in [-0.2, -0.15) is 5.10 Å². The summed E-state index contributed by atoms with van der Waals surface area (Å²) in [4.78, 5) is 6.64. The van der Waals surface area contributed by atoms with Crippen molar-refractivity contribution in [2.24, 2.45) is 5.92 Å². The number of hydrogen-bond acceptors (Lipinski definition) is 5. The Bertz CT molecular complexity index is 669. The van der Waals surface area contributed by atoms with E-state index in [1.165, 1.54) is 30.6 Å². The quantitative estimate of drug-likeness (QED) is 0.714. The normalized spacial score (nSPS) is 21.6. The minimum atomic E-state index is 0.394. The summed E-state index contributed by atoms with van der Waals surface area (Å²) in [5.41, 5.74) is 2.49. The Hall–Kier alpha value is -1.76. The van der Waals surface area contributed by atoms with E-state index in [1.54, 1.807) is 0 Å². The van der Waals surface area contributed by atoms with Crippen molar-refractivity contribution in [2.45, 2.75) is 38.5 Å². The first kappa shape index (κ1) is 17.6. The number of fused-ring (bicyclic) bond motifs is 1. The van der Waals surface area contributed by atoms with Gasteiger partial charge in [0.15, 0.2) is 0 Å². The fourth-order valence-corrected chi connectivity index (χ4v) is 4.00. The summed E-state index contributed by atoms with van der Waals surface area (Å²) >= 11 is 0. The van der Waals surface area contributed by atoms with Crippen LogP contribution in [0.3, 0.4) is 0 Å². The molecule has 0 radical (unpaired) electrons. The zero-order chi connectivity index (χ0) is 17.6. The highest BCUT2D eigenvalue weighted by molar-refractivity contribution is 5.08. The van der Waals surface area contributed by atoms with Crippen molar-refractivity contribution >= 4 is 0 Å². The van der Waals surface area contributed by atoms with Crippen LogP contribution in [0.2, 0.25) is 0 Å². The molecule has 0 unspecified atom stereocenters. The van der Waals surface area contributed by atoms with Crippen molar-refractivity contribution in [1.82, 2.24) is 19.7 Å². The number of rotatable bonds is 7. The molecule has 4 rings (SSSR count). The standard InChI is InChI=1S/C20H28N4O2/c1-7-21-8-2-18(1)16-26-12-6-20-15-23(13-17-4-10-25-11-5-17)14-19-3-9-22-24(19)20/h1-3,7-9,17,20H,4-6,10-16H2/t20-/m0/s1. The lowest BCUT2D eigenvalue weighted by Crippen LogP contribution is -2.41. The van der Waals surface area contributed by atoms with E-state index in [2.05, 4.69) is 25.7 Å². The molecule has 2 aromatic heterocycles. The number of pyridine rings is 1. The van der Waals surface area contributed by atoms with Gasteiger partial charge in [0.1, 0.15) is 0 Å². The predicted molar refractivity (Wildman–Crippen MR) is 98.6 cm³/mol. The first-order valence-electron chi connectivity index (χ1n) is 9.67. The highest BCUT2D eigenvalue weighted by Crippen LogP contribution is 2.25. The topological polar surface area (TPSA) is 52.4 Å². The van der Waals surface area contributed by atoms with Gasteiger partial charge in [-0.1, -0.05) is 0 Å². The van der Waals surface area contributed by atoms with Gasteiger partial charge in [0.2, 0.25) is 0 Å². The first-order chi connectivity index (χ1) is 12.9. The largest absolute Gasteiger partial charge is 0.381 e. The lowest BCUT2D eigenvalue weighted by atomic mass is 9.98. The van der Waals surface area contributed by atoms with E-state index in [0.29, 0.717) is 12.6 Å². The van der Waals surface area contributed by atoms with Gasteiger partial charge in [0.25, 0.3) is 0 Å². The third-order valence-electron chi connectivity index (χ3n) is 5.42. The molecule has 2 aromatic rings. The second-order valence-corrected chi connectivity index (χ2v) is 7.37. The second kappa shape index (κ2) is 8.75. The Morgan fingerprint density at radius 1 is 1.12 bits per heavy atom. The summed E-state index contributed by atoms with van der Waals surface area (Å²) in [5.74, 6) is 0.766. The maximum Gasteiger partial charge on any atom is 0.0717 e. The van der Waals surface area contributed by atoms with E-state index >= 15 is 0 Å². The molecule has 0 spiro atoms. The van der Waals surface area contributed by atoms with Crippen LogP contribution >= 0.6 is 0 Å². The van der Waals surface area contributed by atoms with Gasteiger partial charge in [-0.25, -0.2) is 0 Å². The zero-order valence-corrected chi connectivity index (χ0v) is 15.3. The van der Waals surface area contributed by atoms with Crippen LogP contribution in [0.15, 0.2) is 36.8 Å². The van der Waals surface area contributed by atoms with Crippen molar-refractivity contribution < 1.29 is 9.47 Å². The molecule has 6 heteroatoms. The summed E-state index contributed by atoms with van der Waals surface area (Å²) in [6.45, 7) is 6.47. The molecule has 1 atom stereocenters. The molecular weight excluding hydrogens is 328 g/mol. The Kier molecular flexibility index (Phi) is 5.94. The van der Waals surface area contributed by atoms with E-state index in [1.807, 2.05) is 30.7 Å². The molecule has 4 heterocycles. The van der Waals surface area contributed by atoms with E-state index in [-0.39, 0.29) is 0 Å². The molecule has 1 saturated heterocycles. The van der Waals surface area contributed by atoms with Crippen molar-refractivity contribution in [1.29, 1.82) is 0 Å². The van der Waals surface area contributed by atoms with Crippen LogP contribution in [0.25, 0.3) is 0 Å². The molecule has 0 N–H and O–H groups in total. The van der Waals surface area contributed by atoms with Gasteiger partial charge in [-0.3, -0.25) is 14.6 Å². The number of nitrogens with zero attached hydrogens (tertiary/aromatic N) is 4. The first-order valence-corrected chi connectivity index (χ1v) is 9.67. The Labute approximate surface area is 155 Å². The highest BCUT2D eigenvalue weighted by Gasteiger charge is 2.27. The molecule has 1 fully saturated rings. The highest BCUT2D eigenvalue weighted by atomic mass is 16.5. The smallest absolute Gasteiger partial charge is 0.0717 e. The van der Waals surface area contributed by atoms with Gasteiger partial charge < -0.3 is 9.47 Å². The van der Waals surface area contributed by atoms with Crippen LogP contribution in [0.4, 0.5) is 0 Å². The van der Waals surface area contributed by atoms with Crippen LogP contribution in [-0.2, 0) is 22.6 Å². The number of ether oxygens (including phenoxy) is 2. The molecular formula is C20H28N4O2. The minimum absolute atomic E-state index is 0.394. The summed E-state index contributed by atoms with van der Waals surface area (Å²) < 4.78 is 13.6. The maximum atomic E-state index is 5.90. The van der Waals surface area contributed by atoms with Crippen molar-refractivity contribution in [2.75, 3.05) is 32.9 Å². The molecule has 0 bridgehead atoms. The third kappa shape index (κ3) is 4.50. The molecule has 26 heavy (non-hydrogen) atoms. The van der Waals surface area contributed by atoms with Gasteiger partial charge in [-0.05, 0) is 48.9 Å². The summed E-state index contributed by atoms with van der Waals surface area (Å²) in [5, 5.41) is 4.56. The van der Waals surface area contributed by atoms with Crippen molar-refractivity contribution in [3.8, 4) is 0 Å². The van der Waals surface area contributed by atoms with Crippen molar-refractivity contribution in [3.05, 3.63) is 48.0 Å². The van der Waals surface area contributed by atoms with E-state index in [9.17, 15) is 0 Å². The number of aromatic nitrogens is 3. The molecule has 6 nitrogen and oxygen atoms in total. The van der Waals surface area contributed by atoms with Gasteiger partial charge in [0, 0.05) is 58.0 Å². The van der Waals surface area contributed by atoms with Crippen LogP contribution < -0.4 is 0 Å². The van der Waals surface area contributed by atoms with Crippen LogP contribution in [0, 0.1) is 5.92 Å². The Morgan fingerprint density at radius 3 is 2.81 bits per heavy atom. The van der Waals surface area contributed by atoms with Gasteiger partial charge in [0.05, 0.1) is 18.3 Å². The van der Waals surface area contributed by atoms with Gasteiger partial charge in [-0.15, -0.1) is 0 Å². The molecule has 0 saturated carbocycles. The lowest BCUT2D eigenvalue weighted by Gasteiger charge is -2.36. The fourth-order valence-electron chi connectivity index (χ4n) is 4.00. The van der Waals surface area contributed by atoms with Crippen molar-refractivity contribution in [3.63, 3.8) is 0 Å². The lowest BCUT2D eigenvalue weighted by molar-refractivity contribution is 0.0406. The number of hydrogen-bond donors (Lipinski definition) is 0. The maximum absolute atomic E-state index is 5.90. The predicted octanol–water partition coefficient (Wildman–Crippen LogP) is 2.67. The molecule has 2 aliphatic heterocycles. The molecule has 140 valence electrons. The second-order valence-electron chi connectivity index (χ2n) is 7.37. The summed E-state index contributed by atoms with van der Waals surface area (Å²) in [6.07, 6.45) is 8.92. The monoisotopic (exact) mass is 356 g/mol. The van der Waals surface area contributed by atoms with Crippen LogP contribution in [0.5, 0.6) is 0 Å². The average Bonchev–Trinajstić information content (AvgIpc) is 3.15. The van der Waals surface area contributed by atoms with E-state index in [0.717, 1.165) is 45.2 Å². The summed E-state index contributed by atoms with van der Waals surface area (Å²) in [7, 11) is 0. The summed E-state index contributed by atoms with van der Waals surface area (Å²) in [6, 6.07) is 6.55. The van der Waals surface area contributed by atoms with E-state index < -0.39 is 0 Å². The molecule has 0 aromatic carbocycles. The Morgan fingerprint density at radius 2 is 1.96 bits per heavy atom.